The molecule has 0 saturated carbocycles. The molecule has 0 spiro atoms. The van der Waals surface area contributed by atoms with E-state index in [2.05, 4.69) is 33.8 Å². The second-order valence-electron chi connectivity index (χ2n) is 6.59. The van der Waals surface area contributed by atoms with E-state index in [1.165, 1.54) is 25.1 Å². The number of pyridine rings is 1. The highest BCUT2D eigenvalue weighted by molar-refractivity contribution is 5.95. The van der Waals surface area contributed by atoms with Crippen LogP contribution in [0.2, 0.25) is 0 Å². The highest BCUT2D eigenvalue weighted by Crippen LogP contribution is 2.26. The van der Waals surface area contributed by atoms with Gasteiger partial charge in [-0.25, -0.2) is 0 Å². The van der Waals surface area contributed by atoms with Gasteiger partial charge in [-0.15, -0.1) is 0 Å². The minimum atomic E-state index is 0.0591. The molecular formula is C17H21N3O. The van der Waals surface area contributed by atoms with Crippen molar-refractivity contribution in [2.24, 2.45) is 5.92 Å². The zero-order valence-corrected chi connectivity index (χ0v) is 12.4. The van der Waals surface area contributed by atoms with Crippen molar-refractivity contribution in [3.8, 4) is 0 Å². The standard InChI is InChI=1S/C17H21N3O/c1-12-6-16-8-14(3-5-20(16)9-12)17(21)18-15-7-13-2-4-19(10-13)11-15/h3,5-6,8-9,13,15H,2,4,7,10-11H2,1H3,(H,18,21)/t13-,15-/m1/s1. The Bertz CT molecular complexity index is 678. The summed E-state index contributed by atoms with van der Waals surface area (Å²) in [6, 6.07) is 6.28. The Morgan fingerprint density at radius 1 is 1.33 bits per heavy atom. The predicted molar refractivity (Wildman–Crippen MR) is 82.6 cm³/mol. The number of carbonyl (C=O) groups excluding carboxylic acids is 1. The van der Waals surface area contributed by atoms with Gasteiger partial charge >= 0.3 is 0 Å². The van der Waals surface area contributed by atoms with Gasteiger partial charge in [-0.2, -0.15) is 0 Å². The van der Waals surface area contributed by atoms with Crippen molar-refractivity contribution in [3.05, 3.63) is 41.7 Å². The Morgan fingerprint density at radius 2 is 2.24 bits per heavy atom. The van der Waals surface area contributed by atoms with E-state index in [4.69, 9.17) is 0 Å². The average Bonchev–Trinajstić information content (AvgIpc) is 2.99. The number of amides is 1. The van der Waals surface area contributed by atoms with Crippen LogP contribution in [0.25, 0.3) is 5.52 Å². The van der Waals surface area contributed by atoms with Crippen molar-refractivity contribution < 1.29 is 4.79 Å². The highest BCUT2D eigenvalue weighted by atomic mass is 16.1. The third kappa shape index (κ3) is 2.44. The molecule has 4 heterocycles. The van der Waals surface area contributed by atoms with Crippen LogP contribution in [0.1, 0.15) is 28.8 Å². The number of piperidine rings is 1. The quantitative estimate of drug-likeness (QED) is 0.916. The molecule has 1 unspecified atom stereocenters. The summed E-state index contributed by atoms with van der Waals surface area (Å²) < 4.78 is 2.05. The van der Waals surface area contributed by atoms with E-state index in [0.29, 0.717) is 6.04 Å². The number of fused-ring (bicyclic) bond motifs is 3. The fraction of sp³-hybridized carbons (Fsp3) is 0.471. The maximum Gasteiger partial charge on any atom is 0.251 e. The minimum Gasteiger partial charge on any atom is -0.348 e. The lowest BCUT2D eigenvalue weighted by Crippen LogP contribution is -2.47. The lowest BCUT2D eigenvalue weighted by molar-refractivity contribution is 0.0909. The van der Waals surface area contributed by atoms with Crippen LogP contribution >= 0.6 is 0 Å². The van der Waals surface area contributed by atoms with E-state index in [1.54, 1.807) is 0 Å². The Kier molecular flexibility index (Phi) is 3.00. The summed E-state index contributed by atoms with van der Waals surface area (Å²) in [6.45, 7) is 5.50. The largest absolute Gasteiger partial charge is 0.348 e. The molecule has 2 aliphatic rings. The smallest absolute Gasteiger partial charge is 0.251 e. The van der Waals surface area contributed by atoms with Crippen molar-refractivity contribution in [3.63, 3.8) is 0 Å². The van der Waals surface area contributed by atoms with E-state index in [-0.39, 0.29) is 5.91 Å². The summed E-state index contributed by atoms with van der Waals surface area (Å²) in [5.41, 5.74) is 3.05. The Morgan fingerprint density at radius 3 is 3.10 bits per heavy atom. The molecular weight excluding hydrogens is 262 g/mol. The third-order valence-electron chi connectivity index (χ3n) is 4.80. The van der Waals surface area contributed by atoms with Gasteiger partial charge in [0.25, 0.3) is 5.91 Å². The molecule has 0 aromatic carbocycles. The molecule has 4 rings (SSSR count). The van der Waals surface area contributed by atoms with Crippen molar-refractivity contribution in [1.82, 2.24) is 14.6 Å². The predicted octanol–water partition coefficient (Wildman–Crippen LogP) is 2.07. The summed E-state index contributed by atoms with van der Waals surface area (Å²) in [5, 5.41) is 3.22. The number of aryl methyl sites for hydroxylation is 1. The molecule has 1 N–H and O–H groups in total. The maximum atomic E-state index is 12.5. The van der Waals surface area contributed by atoms with Gasteiger partial charge in [-0.3, -0.25) is 4.79 Å². The van der Waals surface area contributed by atoms with Gasteiger partial charge in [0.1, 0.15) is 0 Å². The number of rotatable bonds is 2. The fourth-order valence-electron chi connectivity index (χ4n) is 3.83. The van der Waals surface area contributed by atoms with Crippen LogP contribution in [-0.2, 0) is 0 Å². The zero-order valence-electron chi connectivity index (χ0n) is 12.4. The van der Waals surface area contributed by atoms with Gasteiger partial charge < -0.3 is 14.6 Å². The van der Waals surface area contributed by atoms with Crippen LogP contribution in [-0.4, -0.2) is 40.9 Å². The van der Waals surface area contributed by atoms with Crippen molar-refractivity contribution >= 4 is 11.4 Å². The minimum absolute atomic E-state index is 0.0591. The van der Waals surface area contributed by atoms with Crippen LogP contribution in [0.5, 0.6) is 0 Å². The summed E-state index contributed by atoms with van der Waals surface area (Å²) in [5.74, 6) is 0.837. The van der Waals surface area contributed by atoms with Crippen molar-refractivity contribution in [1.29, 1.82) is 0 Å². The van der Waals surface area contributed by atoms with Gasteiger partial charge in [0.2, 0.25) is 0 Å². The SMILES string of the molecule is Cc1cc2cc(C(=O)N[C@@H]3C[C@H]4CCN(C4)C3)ccn2c1. The van der Waals surface area contributed by atoms with E-state index < -0.39 is 0 Å². The molecule has 4 nitrogen and oxygen atoms in total. The topological polar surface area (TPSA) is 36.8 Å². The molecule has 110 valence electrons. The molecule has 21 heavy (non-hydrogen) atoms. The third-order valence-corrected chi connectivity index (χ3v) is 4.80. The first-order valence-corrected chi connectivity index (χ1v) is 7.79. The van der Waals surface area contributed by atoms with Crippen LogP contribution in [0, 0.1) is 12.8 Å². The first-order valence-electron chi connectivity index (χ1n) is 7.79. The number of nitrogens with one attached hydrogen (secondary N) is 1. The maximum absolute atomic E-state index is 12.5. The van der Waals surface area contributed by atoms with E-state index in [9.17, 15) is 4.79 Å². The molecule has 2 saturated heterocycles. The molecule has 4 heteroatoms. The lowest BCUT2D eigenvalue weighted by atomic mass is 9.96. The molecule has 2 aromatic heterocycles. The lowest BCUT2D eigenvalue weighted by Gasteiger charge is -2.30. The van der Waals surface area contributed by atoms with E-state index in [1.807, 2.05) is 18.3 Å². The monoisotopic (exact) mass is 283 g/mol. The Labute approximate surface area is 124 Å². The number of carbonyl (C=O) groups is 1. The van der Waals surface area contributed by atoms with E-state index in [0.717, 1.165) is 30.0 Å². The van der Waals surface area contributed by atoms with Gasteiger partial charge in [-0.1, -0.05) is 0 Å². The molecule has 3 atom stereocenters. The summed E-state index contributed by atoms with van der Waals surface area (Å²) in [4.78, 5) is 14.9. The van der Waals surface area contributed by atoms with Crippen LogP contribution in [0.4, 0.5) is 0 Å². The number of hydrogen-bond acceptors (Lipinski definition) is 2. The molecule has 2 aromatic rings. The Hall–Kier alpha value is -1.81. The second-order valence-corrected chi connectivity index (χ2v) is 6.59. The van der Waals surface area contributed by atoms with Gasteiger partial charge in [0, 0.05) is 42.6 Å². The summed E-state index contributed by atoms with van der Waals surface area (Å²) in [7, 11) is 0. The zero-order chi connectivity index (χ0) is 14.4. The normalized spacial score (nSPS) is 28.0. The van der Waals surface area contributed by atoms with Crippen molar-refractivity contribution in [2.75, 3.05) is 19.6 Å². The van der Waals surface area contributed by atoms with Gasteiger partial charge in [0.05, 0.1) is 0 Å². The number of aromatic nitrogens is 1. The molecule has 0 aliphatic carbocycles. The molecule has 1 amide bonds. The molecule has 0 radical (unpaired) electrons. The van der Waals surface area contributed by atoms with Gasteiger partial charge in [0.15, 0.2) is 0 Å². The first kappa shape index (κ1) is 12.9. The fourth-order valence-corrected chi connectivity index (χ4v) is 3.83. The van der Waals surface area contributed by atoms with Crippen LogP contribution < -0.4 is 5.32 Å². The first-order chi connectivity index (χ1) is 10.2. The summed E-state index contributed by atoms with van der Waals surface area (Å²) >= 11 is 0. The molecule has 2 bridgehead atoms. The highest BCUT2D eigenvalue weighted by Gasteiger charge is 2.32. The average molecular weight is 283 g/mol. The van der Waals surface area contributed by atoms with Crippen molar-refractivity contribution in [2.45, 2.75) is 25.8 Å². The number of nitrogens with zero attached hydrogens (tertiary/aromatic N) is 2. The molecule has 2 fully saturated rings. The Balaban J connectivity index is 1.50. The summed E-state index contributed by atoms with van der Waals surface area (Å²) in [6.07, 6.45) is 6.46. The van der Waals surface area contributed by atoms with E-state index >= 15 is 0 Å². The van der Waals surface area contributed by atoms with Crippen LogP contribution in [0.3, 0.4) is 0 Å². The van der Waals surface area contributed by atoms with Crippen LogP contribution in [0.15, 0.2) is 30.6 Å². The van der Waals surface area contributed by atoms with Gasteiger partial charge in [-0.05, 0) is 56.0 Å². The molecule has 2 aliphatic heterocycles. The second kappa shape index (κ2) is 4.88. The number of hydrogen-bond donors (Lipinski definition) is 1.